The van der Waals surface area contributed by atoms with Crippen LogP contribution in [0.3, 0.4) is 0 Å². The standard InChI is InChI=1S/C12H11FN2O6S/c13-6-4-7-9(21-12(18)14-7)5-10(6)22(19,20)15-3-1-2-8(15)11(16)17/h4-5,8H,1-3H2,(H,14,18)(H,16,17)/t8-/m0/s1. The summed E-state index contributed by atoms with van der Waals surface area (Å²) in [7, 11) is -4.34. The van der Waals surface area contributed by atoms with Crippen LogP contribution in [-0.4, -0.2) is 41.4 Å². The average molecular weight is 330 g/mol. The molecule has 3 rings (SSSR count). The van der Waals surface area contributed by atoms with E-state index in [0.29, 0.717) is 6.42 Å². The number of carboxylic acid groups (broad SMARTS) is 1. The Morgan fingerprint density at radius 1 is 1.45 bits per heavy atom. The topological polar surface area (TPSA) is 121 Å². The number of hydrogen-bond donors (Lipinski definition) is 2. The van der Waals surface area contributed by atoms with Crippen molar-refractivity contribution in [3.8, 4) is 0 Å². The molecule has 0 radical (unpaired) electrons. The summed E-state index contributed by atoms with van der Waals surface area (Å²) < 4.78 is 44.6. The number of benzene rings is 1. The van der Waals surface area contributed by atoms with Crippen molar-refractivity contribution in [1.82, 2.24) is 9.29 Å². The Balaban J connectivity index is 2.14. The van der Waals surface area contributed by atoms with Crippen molar-refractivity contribution in [2.75, 3.05) is 6.54 Å². The van der Waals surface area contributed by atoms with Gasteiger partial charge in [0, 0.05) is 18.7 Å². The first-order valence-corrected chi connectivity index (χ1v) is 7.82. The number of nitrogens with zero attached hydrogens (tertiary/aromatic N) is 1. The molecule has 0 spiro atoms. The summed E-state index contributed by atoms with van der Waals surface area (Å²) in [5.41, 5.74) is -0.0892. The van der Waals surface area contributed by atoms with Crippen LogP contribution in [0.25, 0.3) is 11.1 Å². The summed E-state index contributed by atoms with van der Waals surface area (Å²) in [6.45, 7) is -0.00609. The Morgan fingerprint density at radius 3 is 2.86 bits per heavy atom. The molecule has 1 fully saturated rings. The number of halogens is 1. The molecule has 1 saturated heterocycles. The molecule has 0 bridgehead atoms. The maximum Gasteiger partial charge on any atom is 0.417 e. The molecule has 1 atom stereocenters. The van der Waals surface area contributed by atoms with Crippen molar-refractivity contribution in [1.29, 1.82) is 0 Å². The lowest BCUT2D eigenvalue weighted by molar-refractivity contribution is -0.140. The van der Waals surface area contributed by atoms with Crippen LogP contribution in [0.15, 0.2) is 26.2 Å². The molecule has 22 heavy (non-hydrogen) atoms. The smallest absolute Gasteiger partial charge is 0.417 e. The van der Waals surface area contributed by atoms with Crippen LogP contribution in [0.5, 0.6) is 0 Å². The normalized spacial score (nSPS) is 19.8. The average Bonchev–Trinajstić information content (AvgIpc) is 3.02. The van der Waals surface area contributed by atoms with E-state index in [0.717, 1.165) is 16.4 Å². The maximum absolute atomic E-state index is 14.1. The number of fused-ring (bicyclic) bond motifs is 1. The van der Waals surface area contributed by atoms with Gasteiger partial charge in [-0.1, -0.05) is 0 Å². The van der Waals surface area contributed by atoms with Crippen LogP contribution < -0.4 is 5.76 Å². The van der Waals surface area contributed by atoms with Crippen LogP contribution in [0.2, 0.25) is 0 Å². The molecule has 0 unspecified atom stereocenters. The van der Waals surface area contributed by atoms with Gasteiger partial charge in [-0.15, -0.1) is 0 Å². The summed E-state index contributed by atoms with van der Waals surface area (Å²) in [6.07, 6.45) is 0.539. The van der Waals surface area contributed by atoms with Gasteiger partial charge in [0.1, 0.15) is 16.8 Å². The lowest BCUT2D eigenvalue weighted by atomic mass is 10.2. The molecule has 0 saturated carbocycles. The van der Waals surface area contributed by atoms with Crippen LogP contribution in [0.1, 0.15) is 12.8 Å². The third kappa shape index (κ3) is 2.20. The zero-order valence-corrected chi connectivity index (χ0v) is 11.9. The second-order valence-electron chi connectivity index (χ2n) is 4.91. The zero-order valence-electron chi connectivity index (χ0n) is 11.1. The van der Waals surface area contributed by atoms with Gasteiger partial charge in [0.05, 0.1) is 5.52 Å². The number of carbonyl (C=O) groups is 1. The van der Waals surface area contributed by atoms with E-state index >= 15 is 0 Å². The molecule has 8 nitrogen and oxygen atoms in total. The van der Waals surface area contributed by atoms with Crippen molar-refractivity contribution in [3.63, 3.8) is 0 Å². The minimum atomic E-state index is -4.34. The fourth-order valence-corrected chi connectivity index (χ4v) is 4.26. The third-order valence-electron chi connectivity index (χ3n) is 3.55. The van der Waals surface area contributed by atoms with Gasteiger partial charge in [-0.05, 0) is 12.8 Å². The molecule has 0 amide bonds. The Kier molecular flexibility index (Phi) is 3.29. The Labute approximate surface area is 123 Å². The number of aromatic nitrogens is 1. The SMILES string of the molecule is O=C(O)[C@@H]1CCCN1S(=O)(=O)c1cc2oc(=O)[nH]c2cc1F. The first-order valence-electron chi connectivity index (χ1n) is 6.38. The van der Waals surface area contributed by atoms with Crippen molar-refractivity contribution in [2.24, 2.45) is 0 Å². The van der Waals surface area contributed by atoms with Crippen molar-refractivity contribution in [3.05, 3.63) is 28.5 Å². The maximum atomic E-state index is 14.1. The summed E-state index contributed by atoms with van der Waals surface area (Å²) in [4.78, 5) is 23.7. The Bertz CT molecular complexity index is 915. The molecule has 1 aliphatic heterocycles. The zero-order chi connectivity index (χ0) is 16.1. The monoisotopic (exact) mass is 330 g/mol. The van der Waals surface area contributed by atoms with E-state index in [1.54, 1.807) is 0 Å². The van der Waals surface area contributed by atoms with Crippen molar-refractivity contribution in [2.45, 2.75) is 23.8 Å². The Morgan fingerprint density at radius 2 is 2.18 bits per heavy atom. The van der Waals surface area contributed by atoms with E-state index < -0.39 is 38.5 Å². The van der Waals surface area contributed by atoms with Gasteiger partial charge in [-0.3, -0.25) is 9.78 Å². The van der Waals surface area contributed by atoms with Gasteiger partial charge in [-0.2, -0.15) is 4.31 Å². The quantitative estimate of drug-likeness (QED) is 0.845. The fraction of sp³-hybridized carbons (Fsp3) is 0.333. The number of oxazole rings is 1. The summed E-state index contributed by atoms with van der Waals surface area (Å²) in [5, 5.41) is 9.07. The van der Waals surface area contributed by atoms with E-state index in [1.165, 1.54) is 0 Å². The highest BCUT2D eigenvalue weighted by molar-refractivity contribution is 7.89. The van der Waals surface area contributed by atoms with E-state index in [2.05, 4.69) is 4.98 Å². The molecule has 0 aliphatic carbocycles. The van der Waals surface area contributed by atoms with Gasteiger partial charge in [0.15, 0.2) is 5.58 Å². The van der Waals surface area contributed by atoms with E-state index in [9.17, 15) is 22.4 Å². The van der Waals surface area contributed by atoms with Crippen molar-refractivity contribution >= 4 is 27.1 Å². The largest absolute Gasteiger partial charge is 0.480 e. The number of rotatable bonds is 3. The van der Waals surface area contributed by atoms with Gasteiger partial charge in [-0.25, -0.2) is 17.6 Å². The van der Waals surface area contributed by atoms with Crippen LogP contribution in [0, 0.1) is 5.82 Å². The molecule has 2 heterocycles. The lowest BCUT2D eigenvalue weighted by Gasteiger charge is -2.21. The predicted octanol–water partition coefficient (Wildman–Crippen LogP) is 0.498. The molecule has 2 N–H and O–H groups in total. The van der Waals surface area contributed by atoms with Crippen LogP contribution >= 0.6 is 0 Å². The third-order valence-corrected chi connectivity index (χ3v) is 5.47. The number of H-pyrrole nitrogens is 1. The second kappa shape index (κ2) is 4.92. The number of aliphatic carboxylic acids is 1. The Hall–Kier alpha value is -2.20. The van der Waals surface area contributed by atoms with Gasteiger partial charge >= 0.3 is 11.7 Å². The summed E-state index contributed by atoms with van der Waals surface area (Å²) in [6, 6.07) is 0.493. The van der Waals surface area contributed by atoms with Gasteiger partial charge < -0.3 is 9.52 Å². The highest BCUT2D eigenvalue weighted by Crippen LogP contribution is 2.29. The number of sulfonamides is 1. The minimum Gasteiger partial charge on any atom is -0.480 e. The van der Waals surface area contributed by atoms with Crippen LogP contribution in [0.4, 0.5) is 4.39 Å². The fourth-order valence-electron chi connectivity index (χ4n) is 2.55. The minimum absolute atomic E-state index is 0.00609. The highest BCUT2D eigenvalue weighted by atomic mass is 32.2. The predicted molar refractivity (Wildman–Crippen MR) is 71.3 cm³/mol. The number of aromatic amines is 1. The molecule has 1 aliphatic rings. The van der Waals surface area contributed by atoms with Crippen LogP contribution in [-0.2, 0) is 14.8 Å². The number of nitrogens with one attached hydrogen (secondary N) is 1. The molecular weight excluding hydrogens is 319 g/mol. The summed E-state index contributed by atoms with van der Waals surface area (Å²) >= 11 is 0. The molecule has 1 aromatic heterocycles. The second-order valence-corrected chi connectivity index (χ2v) is 6.76. The van der Waals surface area contributed by atoms with E-state index in [4.69, 9.17) is 9.52 Å². The first kappa shape index (κ1) is 14.7. The highest BCUT2D eigenvalue weighted by Gasteiger charge is 2.40. The van der Waals surface area contributed by atoms with E-state index in [-0.39, 0.29) is 24.1 Å². The molecule has 2 aromatic rings. The molecule has 10 heteroatoms. The van der Waals surface area contributed by atoms with Gasteiger partial charge in [0.2, 0.25) is 10.0 Å². The van der Waals surface area contributed by atoms with Gasteiger partial charge in [0.25, 0.3) is 0 Å². The molecule has 118 valence electrons. The van der Waals surface area contributed by atoms with Crippen molar-refractivity contribution < 1.29 is 27.1 Å². The van der Waals surface area contributed by atoms with E-state index in [1.807, 2.05) is 0 Å². The lowest BCUT2D eigenvalue weighted by Crippen LogP contribution is -2.40. The number of hydrogen-bond acceptors (Lipinski definition) is 5. The number of carboxylic acids is 1. The first-order chi connectivity index (χ1) is 10.3. The molecular formula is C12H11FN2O6S. The summed E-state index contributed by atoms with van der Waals surface area (Å²) in [5.74, 6) is -3.20. The molecule has 1 aromatic carbocycles.